The molecule has 3 heterocycles. The van der Waals surface area contributed by atoms with Gasteiger partial charge in [-0.15, -0.1) is 0 Å². The Hall–Kier alpha value is -3.49. The first kappa shape index (κ1) is 28.5. The minimum absolute atomic E-state index is 0.00267. The molecule has 1 saturated heterocycles. The van der Waals surface area contributed by atoms with Gasteiger partial charge in [-0.25, -0.2) is 23.2 Å². The Labute approximate surface area is 231 Å². The van der Waals surface area contributed by atoms with E-state index in [2.05, 4.69) is 14.7 Å². The quantitative estimate of drug-likeness (QED) is 0.341. The number of esters is 1. The number of fused-ring (bicyclic) bond motifs is 1. The van der Waals surface area contributed by atoms with Gasteiger partial charge < -0.3 is 25.0 Å². The number of hydrogen-bond acceptors (Lipinski definition) is 11. The Balaban J connectivity index is 1.61. The molecular weight excluding hydrogens is 544 g/mol. The lowest BCUT2D eigenvalue weighted by atomic mass is 10.00. The molecule has 0 radical (unpaired) electrons. The van der Waals surface area contributed by atoms with Crippen molar-refractivity contribution in [2.75, 3.05) is 38.4 Å². The number of nitrogen functional groups attached to an aromatic ring is 1. The number of pyridine rings is 1. The van der Waals surface area contributed by atoms with Gasteiger partial charge >= 0.3 is 5.97 Å². The van der Waals surface area contributed by atoms with Gasteiger partial charge in [0.25, 0.3) is 10.0 Å². The van der Waals surface area contributed by atoms with E-state index in [1.165, 1.54) is 18.2 Å². The van der Waals surface area contributed by atoms with E-state index in [1.54, 1.807) is 51.2 Å². The molecule has 1 aliphatic rings. The molecule has 2 unspecified atom stereocenters. The van der Waals surface area contributed by atoms with E-state index >= 15 is 0 Å². The fourth-order valence-electron chi connectivity index (χ4n) is 4.41. The average Bonchev–Trinajstić information content (AvgIpc) is 3.50. The Morgan fingerprint density at radius 2 is 2.05 bits per heavy atom. The zero-order valence-electron chi connectivity index (χ0n) is 22.4. The van der Waals surface area contributed by atoms with Crippen molar-refractivity contribution in [3.8, 4) is 5.75 Å². The Morgan fingerprint density at radius 3 is 2.69 bits per heavy atom. The second kappa shape index (κ2) is 11.3. The summed E-state index contributed by atoms with van der Waals surface area (Å²) in [6.07, 6.45) is 2.73. The molecule has 2 atom stereocenters. The summed E-state index contributed by atoms with van der Waals surface area (Å²) in [6, 6.07) is 3.36. The molecule has 3 N–H and O–H groups in total. The lowest BCUT2D eigenvalue weighted by molar-refractivity contribution is -0.157. The lowest BCUT2D eigenvalue weighted by Crippen LogP contribution is -2.49. The van der Waals surface area contributed by atoms with Crippen LogP contribution in [0.15, 0.2) is 34.8 Å². The van der Waals surface area contributed by atoms with Gasteiger partial charge in [0.05, 0.1) is 19.4 Å². The number of carbonyl (C=O) groups excluding carboxylic acids is 2. The van der Waals surface area contributed by atoms with Gasteiger partial charge in [-0.05, 0) is 49.4 Å². The summed E-state index contributed by atoms with van der Waals surface area (Å²) in [4.78, 5) is 38.0. The van der Waals surface area contributed by atoms with Crippen LogP contribution in [-0.4, -0.2) is 81.1 Å². The molecule has 1 aromatic carbocycles. The highest BCUT2D eigenvalue weighted by atomic mass is 32.2. The van der Waals surface area contributed by atoms with Crippen molar-refractivity contribution in [3.05, 3.63) is 36.2 Å². The summed E-state index contributed by atoms with van der Waals surface area (Å²) in [5.41, 5.74) is 6.69. The first-order valence-electron chi connectivity index (χ1n) is 12.3. The molecule has 4 rings (SSSR count). The van der Waals surface area contributed by atoms with Crippen LogP contribution in [0.25, 0.3) is 10.8 Å². The van der Waals surface area contributed by atoms with Crippen molar-refractivity contribution in [2.45, 2.75) is 49.1 Å². The van der Waals surface area contributed by atoms with Crippen LogP contribution in [-0.2, 0) is 30.8 Å². The third kappa shape index (κ3) is 6.07. The van der Waals surface area contributed by atoms with Crippen molar-refractivity contribution in [2.24, 2.45) is 0 Å². The van der Waals surface area contributed by atoms with Crippen LogP contribution in [0, 0.1) is 0 Å². The summed E-state index contributed by atoms with van der Waals surface area (Å²) in [5, 5.41) is 2.02. The normalized spacial score (nSPS) is 16.6. The number of carbonyl (C=O) groups is 2. The van der Waals surface area contributed by atoms with Crippen molar-refractivity contribution in [3.63, 3.8) is 0 Å². The number of nitrogens with two attached hydrogens (primary N) is 1. The lowest BCUT2D eigenvalue weighted by Gasteiger charge is -2.28. The fourth-order valence-corrected chi connectivity index (χ4v) is 6.69. The van der Waals surface area contributed by atoms with E-state index in [4.69, 9.17) is 15.2 Å². The van der Waals surface area contributed by atoms with Crippen molar-refractivity contribution in [1.29, 1.82) is 0 Å². The number of amides is 1. The number of benzene rings is 1. The third-order valence-corrected chi connectivity index (χ3v) is 9.36. The number of nitrogens with zero attached hydrogens (tertiary/aromatic N) is 4. The number of ether oxygens (including phenoxy) is 2. The SMILES string of the molecule is COc1cc2c(N)nccc2cc1CC(C(=O)OC(C)C)N1CCC(NS(=O)(=O)c2cnc(N(C)C)s2)C1=O. The van der Waals surface area contributed by atoms with E-state index in [0.717, 1.165) is 16.7 Å². The van der Waals surface area contributed by atoms with Crippen molar-refractivity contribution >= 4 is 55.0 Å². The molecule has 39 heavy (non-hydrogen) atoms. The maximum Gasteiger partial charge on any atom is 0.329 e. The second-order valence-electron chi connectivity index (χ2n) is 9.64. The van der Waals surface area contributed by atoms with Crippen LogP contribution in [0.2, 0.25) is 0 Å². The Morgan fingerprint density at radius 1 is 1.31 bits per heavy atom. The van der Waals surface area contributed by atoms with E-state index in [1.807, 2.05) is 6.07 Å². The zero-order valence-corrected chi connectivity index (χ0v) is 24.0. The summed E-state index contributed by atoms with van der Waals surface area (Å²) >= 11 is 0.997. The molecule has 0 spiro atoms. The van der Waals surface area contributed by atoms with Crippen LogP contribution < -0.4 is 20.1 Å². The van der Waals surface area contributed by atoms with Crippen LogP contribution in [0.5, 0.6) is 5.75 Å². The number of rotatable bonds is 10. The van der Waals surface area contributed by atoms with Gasteiger partial charge in [0, 0.05) is 38.6 Å². The maximum atomic E-state index is 13.5. The number of anilines is 2. The Bertz CT molecular complexity index is 1490. The highest BCUT2D eigenvalue weighted by Gasteiger charge is 2.42. The largest absolute Gasteiger partial charge is 0.496 e. The van der Waals surface area contributed by atoms with Gasteiger partial charge in [-0.2, -0.15) is 4.72 Å². The van der Waals surface area contributed by atoms with Crippen molar-refractivity contribution in [1.82, 2.24) is 19.6 Å². The van der Waals surface area contributed by atoms with Gasteiger partial charge in [0.1, 0.15) is 23.7 Å². The molecule has 210 valence electrons. The highest BCUT2D eigenvalue weighted by Crippen LogP contribution is 2.31. The topological polar surface area (TPSA) is 157 Å². The minimum Gasteiger partial charge on any atom is -0.496 e. The molecule has 2 aromatic heterocycles. The maximum absolute atomic E-state index is 13.5. The smallest absolute Gasteiger partial charge is 0.329 e. The molecule has 0 bridgehead atoms. The van der Waals surface area contributed by atoms with Crippen LogP contribution in [0.4, 0.5) is 10.9 Å². The molecule has 0 aliphatic carbocycles. The molecule has 1 amide bonds. The van der Waals surface area contributed by atoms with Gasteiger partial charge in [0.2, 0.25) is 5.91 Å². The number of methoxy groups -OCH3 is 1. The average molecular weight is 577 g/mol. The number of aromatic nitrogens is 2. The van der Waals surface area contributed by atoms with Crippen LogP contribution in [0.3, 0.4) is 0 Å². The van der Waals surface area contributed by atoms with E-state index < -0.39 is 40.1 Å². The summed E-state index contributed by atoms with van der Waals surface area (Å²) in [7, 11) is 1.02. The van der Waals surface area contributed by atoms with Gasteiger partial charge in [0.15, 0.2) is 9.34 Å². The Kier molecular flexibility index (Phi) is 8.28. The molecule has 3 aromatic rings. The van der Waals surface area contributed by atoms with E-state index in [0.29, 0.717) is 27.6 Å². The predicted molar refractivity (Wildman–Crippen MR) is 148 cm³/mol. The standard InChI is InChI=1S/C25H32N6O6S2/c1-14(2)37-24(33)19(11-16-10-15-6-8-27-22(26)17(15)12-20(16)36-5)31-9-7-18(23(31)32)29-39(34,35)21-13-28-25(38-21)30(3)4/h6,8,10,12-14,18-19,29H,7,9,11H2,1-5H3,(H2,26,27). The first-order valence-corrected chi connectivity index (χ1v) is 14.6. The molecule has 14 heteroatoms. The zero-order chi connectivity index (χ0) is 28.5. The predicted octanol–water partition coefficient (Wildman–Crippen LogP) is 1.79. The second-order valence-corrected chi connectivity index (χ2v) is 12.6. The minimum atomic E-state index is -4.00. The van der Waals surface area contributed by atoms with E-state index in [-0.39, 0.29) is 23.6 Å². The monoisotopic (exact) mass is 576 g/mol. The molecule has 12 nitrogen and oxygen atoms in total. The summed E-state index contributed by atoms with van der Waals surface area (Å²) < 4.78 is 39.6. The first-order chi connectivity index (χ1) is 18.4. The molecule has 1 aliphatic heterocycles. The third-order valence-electron chi connectivity index (χ3n) is 6.27. The van der Waals surface area contributed by atoms with Gasteiger partial charge in [-0.3, -0.25) is 4.79 Å². The molecular formula is C25H32N6O6S2. The van der Waals surface area contributed by atoms with Crippen molar-refractivity contribution < 1.29 is 27.5 Å². The van der Waals surface area contributed by atoms with Crippen LogP contribution in [0.1, 0.15) is 25.8 Å². The molecule has 1 fully saturated rings. The number of sulfonamides is 1. The summed E-state index contributed by atoms with van der Waals surface area (Å²) in [6.45, 7) is 3.62. The molecule has 0 saturated carbocycles. The number of nitrogens with one attached hydrogen (secondary N) is 1. The number of thiazole rings is 1. The summed E-state index contributed by atoms with van der Waals surface area (Å²) in [5.74, 6) is -0.266. The highest BCUT2D eigenvalue weighted by molar-refractivity contribution is 7.91. The number of likely N-dealkylation sites (tertiary alicyclic amines) is 1. The number of hydrogen-bond donors (Lipinski definition) is 2. The van der Waals surface area contributed by atoms with Crippen LogP contribution >= 0.6 is 11.3 Å². The fraction of sp³-hybridized carbons (Fsp3) is 0.440. The van der Waals surface area contributed by atoms with E-state index in [9.17, 15) is 18.0 Å². The van der Waals surface area contributed by atoms with Gasteiger partial charge in [-0.1, -0.05) is 11.3 Å².